The number of carbonyl (C=O) groups excluding carboxylic acids is 3. The molecule has 1 unspecified atom stereocenters. The summed E-state index contributed by atoms with van der Waals surface area (Å²) in [7, 11) is 0. The first-order valence-electron chi connectivity index (χ1n) is 13.7. The molecule has 0 aliphatic carbocycles. The fourth-order valence-corrected chi connectivity index (χ4v) is 4.70. The molecule has 0 aliphatic rings. The molecule has 0 bridgehead atoms. The molecule has 2 heterocycles. The van der Waals surface area contributed by atoms with Crippen molar-refractivity contribution in [1.82, 2.24) is 25.2 Å². The first-order valence-corrected chi connectivity index (χ1v) is 13.7. The maximum atomic E-state index is 13.7. The van der Waals surface area contributed by atoms with Crippen molar-refractivity contribution in [2.24, 2.45) is 0 Å². The molecule has 0 radical (unpaired) electrons. The molecule has 43 heavy (non-hydrogen) atoms. The minimum atomic E-state index is -1.07. The predicted molar refractivity (Wildman–Crippen MR) is 162 cm³/mol. The second-order valence-corrected chi connectivity index (χ2v) is 10.0. The van der Waals surface area contributed by atoms with Gasteiger partial charge >= 0.3 is 0 Å². The second-order valence-electron chi connectivity index (χ2n) is 10.0. The number of nitrogens with two attached hydrogens (primary N) is 1. The van der Waals surface area contributed by atoms with Gasteiger partial charge in [0.05, 0.1) is 6.20 Å². The largest absolute Gasteiger partial charge is 0.434 e. The number of anilines is 1. The highest BCUT2D eigenvalue weighted by Gasteiger charge is 2.28. The SMILES string of the molecule is CCNC(=O)c1ccc2oc(C(=O)C(Cc3ccccc3)NC(=O)Cn3c(-c4cccc(C)c4)ncc(N)c3=O)nc2c1. The van der Waals surface area contributed by atoms with Gasteiger partial charge in [-0.2, -0.15) is 0 Å². The van der Waals surface area contributed by atoms with Crippen molar-refractivity contribution in [3.05, 3.63) is 112 Å². The number of hydrogen-bond donors (Lipinski definition) is 3. The lowest BCUT2D eigenvalue weighted by atomic mass is 10.0. The monoisotopic (exact) mass is 578 g/mol. The second kappa shape index (κ2) is 12.5. The number of aryl methyl sites for hydroxylation is 1. The number of oxazole rings is 1. The van der Waals surface area contributed by atoms with Crippen LogP contribution >= 0.6 is 0 Å². The molecule has 0 fully saturated rings. The molecule has 0 saturated heterocycles. The molecule has 4 N–H and O–H groups in total. The molecule has 218 valence electrons. The number of aromatic nitrogens is 3. The number of ketones is 1. The number of nitrogens with zero attached hydrogens (tertiary/aromatic N) is 3. The molecular weight excluding hydrogens is 548 g/mol. The highest BCUT2D eigenvalue weighted by atomic mass is 16.4. The van der Waals surface area contributed by atoms with Gasteiger partial charge in [-0.25, -0.2) is 9.97 Å². The zero-order valence-corrected chi connectivity index (χ0v) is 23.7. The van der Waals surface area contributed by atoms with E-state index in [1.165, 1.54) is 16.8 Å². The Morgan fingerprint density at radius 3 is 2.56 bits per heavy atom. The summed E-state index contributed by atoms with van der Waals surface area (Å²) in [6.07, 6.45) is 1.41. The van der Waals surface area contributed by atoms with Crippen LogP contribution in [0.4, 0.5) is 5.69 Å². The normalized spacial score (nSPS) is 11.7. The number of rotatable bonds is 10. The summed E-state index contributed by atoms with van der Waals surface area (Å²) >= 11 is 0. The number of benzene rings is 3. The van der Waals surface area contributed by atoms with E-state index in [1.807, 2.05) is 62.4 Å². The zero-order chi connectivity index (χ0) is 30.5. The predicted octanol–water partition coefficient (Wildman–Crippen LogP) is 3.30. The molecule has 0 aliphatic heterocycles. The van der Waals surface area contributed by atoms with Crippen molar-refractivity contribution >= 4 is 34.4 Å². The van der Waals surface area contributed by atoms with Gasteiger partial charge in [0.2, 0.25) is 11.7 Å². The van der Waals surface area contributed by atoms with E-state index >= 15 is 0 Å². The molecule has 5 aromatic rings. The Balaban J connectivity index is 1.45. The Bertz CT molecular complexity index is 1880. The molecule has 1 atom stereocenters. The van der Waals surface area contributed by atoms with Gasteiger partial charge < -0.3 is 20.8 Å². The van der Waals surface area contributed by atoms with Gasteiger partial charge in [0.15, 0.2) is 5.58 Å². The molecule has 11 nitrogen and oxygen atoms in total. The number of carbonyl (C=O) groups is 3. The minimum Gasteiger partial charge on any atom is -0.434 e. The highest BCUT2D eigenvalue weighted by Crippen LogP contribution is 2.20. The van der Waals surface area contributed by atoms with Gasteiger partial charge in [-0.1, -0.05) is 54.1 Å². The number of hydrogen-bond acceptors (Lipinski definition) is 8. The average Bonchev–Trinajstić information content (AvgIpc) is 3.43. The Morgan fingerprint density at radius 2 is 1.81 bits per heavy atom. The van der Waals surface area contributed by atoms with E-state index in [9.17, 15) is 19.2 Å². The summed E-state index contributed by atoms with van der Waals surface area (Å²) in [6.45, 7) is 3.75. The summed E-state index contributed by atoms with van der Waals surface area (Å²) in [5, 5.41) is 5.48. The van der Waals surface area contributed by atoms with Gasteiger partial charge in [0, 0.05) is 24.1 Å². The third kappa shape index (κ3) is 6.51. The average molecular weight is 579 g/mol. The van der Waals surface area contributed by atoms with Crippen LogP contribution in [0.15, 0.2) is 88.2 Å². The summed E-state index contributed by atoms with van der Waals surface area (Å²) in [6, 6.07) is 20.1. The van der Waals surface area contributed by atoms with E-state index in [1.54, 1.807) is 18.2 Å². The smallest absolute Gasteiger partial charge is 0.277 e. The van der Waals surface area contributed by atoms with Gasteiger partial charge in [-0.05, 0) is 43.7 Å². The van der Waals surface area contributed by atoms with Gasteiger partial charge in [-0.3, -0.25) is 23.7 Å². The molecule has 3 aromatic carbocycles. The standard InChI is InChI=1S/C32H30N6O5/c1-3-34-30(41)22-12-13-26-24(16-22)37-31(43-26)28(40)25(15-20-9-5-4-6-10-20)36-27(39)18-38-29(35-17-23(33)32(38)42)21-11-7-8-19(2)14-21/h4-14,16-17,25H,3,15,18,33H2,1-2H3,(H,34,41)(H,36,39). The first kappa shape index (κ1) is 28.9. The van der Waals surface area contributed by atoms with Crippen molar-refractivity contribution in [3.8, 4) is 11.4 Å². The van der Waals surface area contributed by atoms with Crippen molar-refractivity contribution < 1.29 is 18.8 Å². The maximum absolute atomic E-state index is 13.7. The fraction of sp³-hybridized carbons (Fsp3) is 0.188. The summed E-state index contributed by atoms with van der Waals surface area (Å²) in [5.41, 5.74) is 8.58. The van der Waals surface area contributed by atoms with E-state index in [0.29, 0.717) is 28.8 Å². The van der Waals surface area contributed by atoms with Gasteiger partial charge in [0.25, 0.3) is 17.4 Å². The topological polar surface area (TPSA) is 162 Å². The molecule has 2 amide bonds. The Labute approximate surface area is 246 Å². The van der Waals surface area contributed by atoms with Crippen molar-refractivity contribution in [2.75, 3.05) is 12.3 Å². The number of fused-ring (bicyclic) bond motifs is 1. The van der Waals surface area contributed by atoms with Crippen LogP contribution in [0.5, 0.6) is 0 Å². The molecule has 0 saturated carbocycles. The van der Waals surface area contributed by atoms with Crippen LogP contribution in [-0.4, -0.2) is 44.7 Å². The van der Waals surface area contributed by atoms with E-state index < -0.39 is 29.8 Å². The van der Waals surface area contributed by atoms with Gasteiger partial charge in [-0.15, -0.1) is 0 Å². The van der Waals surface area contributed by atoms with Crippen LogP contribution in [-0.2, 0) is 17.8 Å². The Kier molecular flexibility index (Phi) is 8.42. The van der Waals surface area contributed by atoms with Crippen LogP contribution in [0.1, 0.15) is 39.1 Å². The van der Waals surface area contributed by atoms with Crippen molar-refractivity contribution in [2.45, 2.75) is 32.9 Å². The summed E-state index contributed by atoms with van der Waals surface area (Å²) in [4.78, 5) is 61.1. The summed E-state index contributed by atoms with van der Waals surface area (Å²) in [5.74, 6) is -1.39. The van der Waals surface area contributed by atoms with Crippen molar-refractivity contribution in [1.29, 1.82) is 0 Å². The van der Waals surface area contributed by atoms with Crippen LogP contribution in [0, 0.1) is 6.92 Å². The summed E-state index contributed by atoms with van der Waals surface area (Å²) < 4.78 is 6.93. The third-order valence-corrected chi connectivity index (χ3v) is 6.78. The molecule has 11 heteroatoms. The van der Waals surface area contributed by atoms with Crippen LogP contribution in [0.2, 0.25) is 0 Å². The zero-order valence-electron chi connectivity index (χ0n) is 23.7. The first-order chi connectivity index (χ1) is 20.7. The lowest BCUT2D eigenvalue weighted by Crippen LogP contribution is -2.45. The Morgan fingerprint density at radius 1 is 1.02 bits per heavy atom. The van der Waals surface area contributed by atoms with E-state index in [4.69, 9.17) is 10.2 Å². The van der Waals surface area contributed by atoms with Crippen LogP contribution in [0.25, 0.3) is 22.5 Å². The van der Waals surface area contributed by atoms with E-state index in [-0.39, 0.29) is 29.7 Å². The number of amides is 2. The maximum Gasteiger partial charge on any atom is 0.277 e. The van der Waals surface area contributed by atoms with Gasteiger partial charge in [0.1, 0.15) is 29.6 Å². The quantitative estimate of drug-likeness (QED) is 0.213. The van der Waals surface area contributed by atoms with Crippen molar-refractivity contribution in [3.63, 3.8) is 0 Å². The third-order valence-electron chi connectivity index (χ3n) is 6.78. The molecular formula is C32H30N6O5. The van der Waals surface area contributed by atoms with Crippen LogP contribution in [0.3, 0.4) is 0 Å². The van der Waals surface area contributed by atoms with E-state index in [2.05, 4.69) is 20.6 Å². The molecule has 5 rings (SSSR count). The number of Topliss-reactive ketones (excluding diaryl/α,β-unsaturated/α-hetero) is 1. The lowest BCUT2D eigenvalue weighted by molar-refractivity contribution is -0.122. The number of nitrogen functional groups attached to an aromatic ring is 1. The molecule has 0 spiro atoms. The minimum absolute atomic E-state index is 0.112. The molecule has 2 aromatic heterocycles. The highest BCUT2D eigenvalue weighted by molar-refractivity contribution is 6.01. The van der Waals surface area contributed by atoms with E-state index in [0.717, 1.165) is 11.1 Å². The van der Waals surface area contributed by atoms with Crippen LogP contribution < -0.4 is 21.9 Å². The lowest BCUT2D eigenvalue weighted by Gasteiger charge is -2.18. The fourth-order valence-electron chi connectivity index (χ4n) is 4.70. The number of nitrogens with one attached hydrogen (secondary N) is 2. The Hall–Kier alpha value is -5.58.